The Morgan fingerprint density at radius 2 is 1.73 bits per heavy atom. The van der Waals surface area contributed by atoms with Gasteiger partial charge in [0.25, 0.3) is 0 Å². The lowest BCUT2D eigenvalue weighted by Crippen LogP contribution is -2.25. The molecule has 0 saturated carbocycles. The quantitative estimate of drug-likeness (QED) is 0.520. The number of benzene rings is 2. The van der Waals surface area contributed by atoms with Crippen LogP contribution in [0.4, 0.5) is 26.3 Å². The van der Waals surface area contributed by atoms with E-state index in [2.05, 4.69) is 4.98 Å². The summed E-state index contributed by atoms with van der Waals surface area (Å²) in [5, 5.41) is 10.6. The number of alkyl halides is 6. The van der Waals surface area contributed by atoms with Crippen molar-refractivity contribution >= 4 is 10.9 Å². The van der Waals surface area contributed by atoms with Gasteiger partial charge in [-0.1, -0.05) is 18.2 Å². The van der Waals surface area contributed by atoms with Crippen molar-refractivity contribution in [3.63, 3.8) is 0 Å². The maximum absolute atomic E-state index is 13.4. The lowest BCUT2D eigenvalue weighted by atomic mass is 9.99. The number of pyridine rings is 1. The molecule has 1 aliphatic heterocycles. The van der Waals surface area contributed by atoms with Crippen molar-refractivity contribution in [2.45, 2.75) is 25.0 Å². The molecule has 2 heterocycles. The largest absolute Gasteiger partial charge is 0.454 e. The molecule has 0 fully saturated rings. The Hall–Kier alpha value is -3.05. The summed E-state index contributed by atoms with van der Waals surface area (Å²) in [6.07, 6.45) is -11.4. The Labute approximate surface area is 184 Å². The van der Waals surface area contributed by atoms with Gasteiger partial charge in [-0.2, -0.15) is 26.3 Å². The molecular weight excluding hydrogens is 454 g/mol. The number of halogens is 6. The number of hydrogen-bond donors (Lipinski definition) is 1. The Morgan fingerprint density at radius 3 is 2.42 bits per heavy atom. The number of aromatic nitrogens is 1. The minimum Gasteiger partial charge on any atom is -0.454 e. The molecule has 2 aromatic carbocycles. The maximum Gasteiger partial charge on any atom is 0.433 e. The first kappa shape index (κ1) is 23.1. The van der Waals surface area contributed by atoms with Gasteiger partial charge < -0.3 is 14.6 Å². The highest BCUT2D eigenvalue weighted by Gasteiger charge is 2.38. The number of hydrogen-bond acceptors (Lipinski definition) is 5. The lowest BCUT2D eigenvalue weighted by Gasteiger charge is -2.23. The van der Waals surface area contributed by atoms with Crippen LogP contribution in [0.25, 0.3) is 10.9 Å². The molecule has 11 heteroatoms. The fourth-order valence-corrected chi connectivity index (χ4v) is 3.73. The predicted molar refractivity (Wildman–Crippen MR) is 106 cm³/mol. The summed E-state index contributed by atoms with van der Waals surface area (Å²) in [4.78, 5) is 4.87. The predicted octanol–water partition coefficient (Wildman–Crippen LogP) is 5.17. The molecule has 5 nitrogen and oxygen atoms in total. The van der Waals surface area contributed by atoms with E-state index in [0.29, 0.717) is 30.2 Å². The van der Waals surface area contributed by atoms with Gasteiger partial charge in [-0.25, -0.2) is 4.98 Å². The topological polar surface area (TPSA) is 54.8 Å². The zero-order valence-corrected chi connectivity index (χ0v) is 17.2. The Bertz CT molecular complexity index is 1180. The van der Waals surface area contributed by atoms with Crippen LogP contribution in [0.3, 0.4) is 0 Å². The number of para-hydroxylation sites is 1. The van der Waals surface area contributed by atoms with Crippen LogP contribution in [0.1, 0.15) is 28.5 Å². The van der Waals surface area contributed by atoms with Gasteiger partial charge in [0.15, 0.2) is 11.5 Å². The molecule has 0 radical (unpaired) electrons. The normalized spacial score (nSPS) is 14.8. The van der Waals surface area contributed by atoms with Crippen LogP contribution >= 0.6 is 0 Å². The van der Waals surface area contributed by atoms with E-state index in [4.69, 9.17) is 9.47 Å². The molecule has 1 aromatic heterocycles. The number of rotatable bonds is 5. The van der Waals surface area contributed by atoms with Gasteiger partial charge in [0.05, 0.1) is 17.2 Å². The molecule has 0 amide bonds. The van der Waals surface area contributed by atoms with Crippen LogP contribution in [0.5, 0.6) is 11.5 Å². The van der Waals surface area contributed by atoms with E-state index in [1.54, 1.807) is 30.1 Å². The van der Waals surface area contributed by atoms with E-state index in [1.165, 1.54) is 6.07 Å². The highest BCUT2D eigenvalue weighted by molar-refractivity contribution is 5.86. The number of fused-ring (bicyclic) bond motifs is 2. The van der Waals surface area contributed by atoms with E-state index < -0.39 is 35.2 Å². The van der Waals surface area contributed by atoms with E-state index in [9.17, 15) is 31.4 Å². The second kappa shape index (κ2) is 8.38. The van der Waals surface area contributed by atoms with Crippen molar-refractivity contribution in [3.8, 4) is 11.5 Å². The van der Waals surface area contributed by atoms with Crippen molar-refractivity contribution in [2.75, 3.05) is 20.4 Å². The standard InChI is InChI=1S/C22H18F6N2O3/c1-30(9-12-5-6-17-18(7-12)33-11-32-17)10-16(31)14-8-19(22(26,27)28)29-20-13(14)3-2-4-15(20)21(23,24)25/h2-8,16,31H,9-11H2,1H3. The third kappa shape index (κ3) is 4.83. The van der Waals surface area contributed by atoms with Crippen LogP contribution < -0.4 is 9.47 Å². The summed E-state index contributed by atoms with van der Waals surface area (Å²) in [5.41, 5.74) is -3.14. The van der Waals surface area contributed by atoms with Gasteiger partial charge >= 0.3 is 12.4 Å². The Balaban J connectivity index is 1.66. The summed E-state index contributed by atoms with van der Waals surface area (Å²) in [6, 6.07) is 8.78. The monoisotopic (exact) mass is 472 g/mol. The fourth-order valence-electron chi connectivity index (χ4n) is 3.73. The minimum atomic E-state index is -4.99. The molecule has 0 aliphatic carbocycles. The smallest absolute Gasteiger partial charge is 0.433 e. The van der Waals surface area contributed by atoms with Crippen molar-refractivity contribution in [1.82, 2.24) is 9.88 Å². The second-order valence-electron chi connectivity index (χ2n) is 7.69. The summed E-state index contributed by atoms with van der Waals surface area (Å²) in [5.74, 6) is 1.14. The van der Waals surface area contributed by atoms with Crippen LogP contribution in [-0.2, 0) is 18.9 Å². The molecule has 0 saturated heterocycles. The Morgan fingerprint density at radius 1 is 1.00 bits per heavy atom. The van der Waals surface area contributed by atoms with Crippen LogP contribution in [0.2, 0.25) is 0 Å². The maximum atomic E-state index is 13.4. The molecule has 1 atom stereocenters. The SMILES string of the molecule is CN(Cc1ccc2c(c1)OCO2)CC(O)c1cc(C(F)(F)F)nc2c(C(F)(F)F)cccc12. The number of likely N-dealkylation sites (N-methyl/N-ethyl adjacent to an activating group) is 1. The molecule has 1 unspecified atom stereocenters. The first-order chi connectivity index (χ1) is 15.4. The van der Waals surface area contributed by atoms with Crippen LogP contribution in [0.15, 0.2) is 42.5 Å². The van der Waals surface area contributed by atoms with Gasteiger partial charge in [0.2, 0.25) is 6.79 Å². The molecular formula is C22H18F6N2O3. The summed E-state index contributed by atoms with van der Waals surface area (Å²) < 4.78 is 91.0. The highest BCUT2D eigenvalue weighted by Crippen LogP contribution is 2.39. The van der Waals surface area contributed by atoms with Crippen molar-refractivity contribution in [3.05, 3.63) is 64.8 Å². The van der Waals surface area contributed by atoms with Gasteiger partial charge in [0, 0.05) is 18.5 Å². The lowest BCUT2D eigenvalue weighted by molar-refractivity contribution is -0.142. The summed E-state index contributed by atoms with van der Waals surface area (Å²) in [6.45, 7) is 0.266. The van der Waals surface area contributed by atoms with Crippen molar-refractivity contribution in [2.24, 2.45) is 0 Å². The number of ether oxygens (including phenoxy) is 2. The van der Waals surface area contributed by atoms with Crippen LogP contribution in [-0.4, -0.2) is 35.4 Å². The van der Waals surface area contributed by atoms with Crippen molar-refractivity contribution < 1.29 is 40.9 Å². The molecule has 1 aliphatic rings. The summed E-state index contributed by atoms with van der Waals surface area (Å²) in [7, 11) is 1.63. The molecule has 1 N–H and O–H groups in total. The van der Waals surface area contributed by atoms with Gasteiger partial charge in [-0.3, -0.25) is 4.90 Å². The number of nitrogens with zero attached hydrogens (tertiary/aromatic N) is 2. The highest BCUT2D eigenvalue weighted by atomic mass is 19.4. The first-order valence-electron chi connectivity index (χ1n) is 9.76. The molecule has 0 spiro atoms. The molecule has 0 bridgehead atoms. The van der Waals surface area contributed by atoms with Crippen molar-refractivity contribution in [1.29, 1.82) is 0 Å². The average molecular weight is 472 g/mol. The van der Waals surface area contributed by atoms with E-state index in [1.807, 2.05) is 0 Å². The zero-order valence-electron chi connectivity index (χ0n) is 17.2. The average Bonchev–Trinajstić information content (AvgIpc) is 3.18. The molecule has 33 heavy (non-hydrogen) atoms. The zero-order chi connectivity index (χ0) is 24.0. The second-order valence-corrected chi connectivity index (χ2v) is 7.69. The molecule has 3 aromatic rings. The molecule has 176 valence electrons. The third-order valence-corrected chi connectivity index (χ3v) is 5.20. The van der Waals surface area contributed by atoms with Crippen LogP contribution in [0, 0.1) is 0 Å². The summed E-state index contributed by atoms with van der Waals surface area (Å²) >= 11 is 0. The van der Waals surface area contributed by atoms with E-state index in [0.717, 1.165) is 11.6 Å². The minimum absolute atomic E-state index is 0.101. The van der Waals surface area contributed by atoms with E-state index >= 15 is 0 Å². The van der Waals surface area contributed by atoms with Gasteiger partial charge in [-0.05, 0) is 42.4 Å². The first-order valence-corrected chi connectivity index (χ1v) is 9.76. The Kier molecular flexibility index (Phi) is 5.87. The van der Waals surface area contributed by atoms with Gasteiger partial charge in [-0.15, -0.1) is 0 Å². The number of aliphatic hydroxyl groups excluding tert-OH is 1. The third-order valence-electron chi connectivity index (χ3n) is 5.20. The van der Waals surface area contributed by atoms with Gasteiger partial charge in [0.1, 0.15) is 5.69 Å². The number of aliphatic hydroxyl groups is 1. The fraction of sp³-hybridized carbons (Fsp3) is 0.318. The van der Waals surface area contributed by atoms with E-state index in [-0.39, 0.29) is 24.3 Å². The molecule has 4 rings (SSSR count).